The third-order valence-corrected chi connectivity index (χ3v) is 4.64. The lowest BCUT2D eigenvalue weighted by molar-refractivity contribution is -0.154. The monoisotopic (exact) mass is 475 g/mol. The van der Waals surface area contributed by atoms with E-state index in [-0.39, 0.29) is 42.2 Å². The van der Waals surface area contributed by atoms with Crippen molar-refractivity contribution >= 4 is 23.6 Å². The first kappa shape index (κ1) is 25.7. The van der Waals surface area contributed by atoms with Crippen LogP contribution < -0.4 is 16.0 Å². The quantitative estimate of drug-likeness (QED) is 0.498. The summed E-state index contributed by atoms with van der Waals surface area (Å²) in [5, 5.41) is 7.82. The number of rotatable bonds is 8. The lowest BCUT2D eigenvalue weighted by Crippen LogP contribution is -2.67. The Balaban J connectivity index is 2.03. The maximum Gasteiger partial charge on any atom is 0.407 e. The molecule has 1 aliphatic heterocycles. The average Bonchev–Trinajstić information content (AvgIpc) is 2.66. The summed E-state index contributed by atoms with van der Waals surface area (Å²) in [6.45, 7) is 8.62. The van der Waals surface area contributed by atoms with E-state index >= 15 is 0 Å². The summed E-state index contributed by atoms with van der Waals surface area (Å²) >= 11 is 6.06. The Hall–Kier alpha value is -2.59. The van der Waals surface area contributed by atoms with Gasteiger partial charge in [-0.25, -0.2) is 13.6 Å². The molecule has 178 valence electrons. The zero-order valence-electron chi connectivity index (χ0n) is 18.6. The number of alkyl carbamates (subject to hydrolysis) is 1. The third kappa shape index (κ3) is 6.96. The van der Waals surface area contributed by atoms with Crippen molar-refractivity contribution in [2.24, 2.45) is 5.92 Å². The lowest BCUT2D eigenvalue weighted by Gasteiger charge is -2.42. The first-order chi connectivity index (χ1) is 14.8. The summed E-state index contributed by atoms with van der Waals surface area (Å²) in [6.07, 6.45) is -0.603. The summed E-state index contributed by atoms with van der Waals surface area (Å²) in [4.78, 5) is 24.2. The topological polar surface area (TPSA) is 97.9 Å². The molecule has 2 amide bonds. The second kappa shape index (κ2) is 10.4. The number of ether oxygens (including phenoxy) is 3. The highest BCUT2D eigenvalue weighted by molar-refractivity contribution is 6.42. The molecule has 0 bridgehead atoms. The van der Waals surface area contributed by atoms with Crippen molar-refractivity contribution in [3.63, 3.8) is 0 Å². The van der Waals surface area contributed by atoms with E-state index in [0.717, 1.165) is 12.1 Å². The molecule has 2 rings (SSSR count). The molecular weight excluding hydrogens is 448 g/mol. The van der Waals surface area contributed by atoms with Crippen LogP contribution in [0.1, 0.15) is 40.2 Å². The van der Waals surface area contributed by atoms with Gasteiger partial charge in [0.2, 0.25) is 11.7 Å². The molecule has 1 aromatic rings. The maximum absolute atomic E-state index is 13.9. The van der Waals surface area contributed by atoms with Crippen molar-refractivity contribution < 1.29 is 32.6 Å². The van der Waals surface area contributed by atoms with Gasteiger partial charge in [0.25, 0.3) is 5.91 Å². The van der Waals surface area contributed by atoms with Crippen LogP contribution in [-0.4, -0.2) is 36.6 Å². The predicted octanol–water partition coefficient (Wildman–Crippen LogP) is 3.46. The molecule has 8 nitrogen and oxygen atoms in total. The largest absolute Gasteiger partial charge is 0.473 e. The summed E-state index contributed by atoms with van der Waals surface area (Å²) in [6, 6.07) is 3.06. The number of halogens is 3. The summed E-state index contributed by atoms with van der Waals surface area (Å²) in [5.74, 6) is -3.99. The van der Waals surface area contributed by atoms with Crippen LogP contribution in [-0.2, 0) is 25.6 Å². The molecule has 3 N–H and O–H groups in total. The highest BCUT2D eigenvalue weighted by Gasteiger charge is 2.43. The van der Waals surface area contributed by atoms with Gasteiger partial charge in [-0.15, -0.1) is 0 Å². The number of benzene rings is 1. The molecule has 0 radical (unpaired) electrons. The smallest absolute Gasteiger partial charge is 0.407 e. The van der Waals surface area contributed by atoms with Gasteiger partial charge in [-0.05, 0) is 32.9 Å². The first-order valence-electron chi connectivity index (χ1n) is 10.0. The van der Waals surface area contributed by atoms with Gasteiger partial charge in [0, 0.05) is 24.1 Å². The van der Waals surface area contributed by atoms with Gasteiger partial charge >= 0.3 is 6.09 Å². The molecule has 1 aromatic carbocycles. The van der Waals surface area contributed by atoms with Gasteiger partial charge in [0.1, 0.15) is 23.8 Å². The Labute approximate surface area is 190 Å². The second-order valence-corrected chi connectivity index (χ2v) is 8.79. The third-order valence-electron chi connectivity index (χ3n) is 4.30. The summed E-state index contributed by atoms with van der Waals surface area (Å²) < 4.78 is 43.5. The molecule has 1 unspecified atom stereocenters. The molecule has 32 heavy (non-hydrogen) atoms. The van der Waals surface area contributed by atoms with Crippen LogP contribution >= 0.6 is 11.6 Å². The van der Waals surface area contributed by atoms with Gasteiger partial charge in [0.05, 0.1) is 6.61 Å². The molecule has 0 spiro atoms. The Morgan fingerprint density at radius 1 is 1.25 bits per heavy atom. The molecule has 0 aromatic heterocycles. The number of carbonyl (C=O) groups excluding carboxylic acids is 2. The van der Waals surface area contributed by atoms with Crippen LogP contribution in [0.25, 0.3) is 0 Å². The first-order valence-corrected chi connectivity index (χ1v) is 10.4. The van der Waals surface area contributed by atoms with E-state index < -0.39 is 35.1 Å². The van der Waals surface area contributed by atoms with E-state index in [1.165, 1.54) is 6.07 Å². The van der Waals surface area contributed by atoms with Crippen LogP contribution in [0.5, 0.6) is 0 Å². The van der Waals surface area contributed by atoms with Gasteiger partial charge in [-0.3, -0.25) is 4.79 Å². The minimum absolute atomic E-state index is 0.0161. The fourth-order valence-corrected chi connectivity index (χ4v) is 2.83. The van der Waals surface area contributed by atoms with Gasteiger partial charge < -0.3 is 30.2 Å². The molecule has 0 aliphatic carbocycles. The van der Waals surface area contributed by atoms with Crippen molar-refractivity contribution in [2.45, 2.75) is 52.7 Å². The minimum atomic E-state index is -1.40. The second-order valence-electron chi connectivity index (χ2n) is 8.41. The molecule has 0 fully saturated rings. The number of carbonyl (C=O) groups is 2. The standard InChI is InChI=1S/C21H28ClF2N3O5/c1-12(2)21(31-9-8-25-19(29)32-20(3,4)5)26-17(28)16(22)18(27-21)30-11-13-6-7-14(23)10-15(13)24/h6-7,10,12,27H,8-9,11H2,1-5H3,(H,25,29)(H,26,28). The van der Waals surface area contributed by atoms with Gasteiger partial charge in [0.15, 0.2) is 5.03 Å². The fourth-order valence-electron chi connectivity index (χ4n) is 2.68. The van der Waals surface area contributed by atoms with E-state index in [1.54, 1.807) is 34.6 Å². The van der Waals surface area contributed by atoms with Crippen molar-refractivity contribution in [1.29, 1.82) is 0 Å². The highest BCUT2D eigenvalue weighted by atomic mass is 35.5. The van der Waals surface area contributed by atoms with E-state index in [1.807, 2.05) is 0 Å². The van der Waals surface area contributed by atoms with E-state index in [4.69, 9.17) is 25.8 Å². The van der Waals surface area contributed by atoms with Crippen LogP contribution in [0.4, 0.5) is 13.6 Å². The van der Waals surface area contributed by atoms with E-state index in [0.29, 0.717) is 0 Å². The molecule has 0 saturated carbocycles. The van der Waals surface area contributed by atoms with Gasteiger partial charge in [-0.2, -0.15) is 0 Å². The number of nitrogens with one attached hydrogen (secondary N) is 3. The average molecular weight is 476 g/mol. The van der Waals surface area contributed by atoms with E-state index in [9.17, 15) is 18.4 Å². The SMILES string of the molecule is CC(C)C1(OCCNC(=O)OC(C)(C)C)NC(=O)C(Cl)=C(OCc2ccc(F)cc2F)N1. The molecule has 1 heterocycles. The zero-order chi connectivity index (χ0) is 24.1. The minimum Gasteiger partial charge on any atom is -0.473 e. The molecule has 1 atom stereocenters. The maximum atomic E-state index is 13.9. The van der Waals surface area contributed by atoms with Crippen LogP contribution in [0, 0.1) is 17.6 Å². The molecule has 1 aliphatic rings. The van der Waals surface area contributed by atoms with Crippen LogP contribution in [0.2, 0.25) is 0 Å². The Morgan fingerprint density at radius 3 is 2.53 bits per heavy atom. The number of amides is 2. The molecule has 11 heteroatoms. The Morgan fingerprint density at radius 2 is 1.94 bits per heavy atom. The number of hydrogen-bond acceptors (Lipinski definition) is 6. The van der Waals surface area contributed by atoms with Crippen LogP contribution in [0.3, 0.4) is 0 Å². The van der Waals surface area contributed by atoms with Crippen molar-refractivity contribution in [1.82, 2.24) is 16.0 Å². The fraction of sp³-hybridized carbons (Fsp3) is 0.524. The van der Waals surface area contributed by atoms with Crippen molar-refractivity contribution in [3.8, 4) is 0 Å². The Kier molecular flexibility index (Phi) is 8.30. The summed E-state index contributed by atoms with van der Waals surface area (Å²) in [5.41, 5.74) is -0.561. The molecular formula is C21H28ClF2N3O5. The summed E-state index contributed by atoms with van der Waals surface area (Å²) in [7, 11) is 0. The zero-order valence-corrected chi connectivity index (χ0v) is 19.4. The lowest BCUT2D eigenvalue weighted by atomic mass is 10.1. The van der Waals surface area contributed by atoms with Gasteiger partial charge in [-0.1, -0.05) is 25.4 Å². The normalized spacial score (nSPS) is 18.8. The van der Waals surface area contributed by atoms with Crippen molar-refractivity contribution in [3.05, 3.63) is 46.3 Å². The van der Waals surface area contributed by atoms with Crippen LogP contribution in [0.15, 0.2) is 29.1 Å². The number of hydrogen-bond donors (Lipinski definition) is 3. The Bertz CT molecular complexity index is 889. The highest BCUT2D eigenvalue weighted by Crippen LogP contribution is 2.26. The van der Waals surface area contributed by atoms with Crippen molar-refractivity contribution in [2.75, 3.05) is 13.2 Å². The van der Waals surface area contributed by atoms with E-state index in [2.05, 4.69) is 16.0 Å². The predicted molar refractivity (Wildman–Crippen MR) is 113 cm³/mol. The molecule has 0 saturated heterocycles.